The number of β-lactam (4-membered cyclic amide) rings is 1. The number of anilines is 1. The van der Waals surface area contributed by atoms with Crippen LogP contribution in [0.4, 0.5) is 5.13 Å². The highest BCUT2D eigenvalue weighted by Gasteiger charge is 2.54. The number of aromatic hydroxyl groups is 2. The second kappa shape index (κ2) is 14.1. The van der Waals surface area contributed by atoms with E-state index in [0.29, 0.717) is 27.0 Å². The molecule has 7 N–H and O–H groups in total. The summed E-state index contributed by atoms with van der Waals surface area (Å²) in [5.74, 6) is -3.55. The molecule has 0 aliphatic carbocycles. The van der Waals surface area contributed by atoms with Crippen LogP contribution in [0.3, 0.4) is 0 Å². The number of carboxylic acid groups (broad SMARTS) is 1. The fourth-order valence-corrected chi connectivity index (χ4v) is 7.56. The summed E-state index contributed by atoms with van der Waals surface area (Å²) in [7, 11) is 0. The number of aromatic nitrogens is 3. The zero-order chi connectivity index (χ0) is 33.0. The lowest BCUT2D eigenvalue weighted by Crippen LogP contribution is -2.71. The number of nitrogens with two attached hydrogens (primary N) is 1. The van der Waals surface area contributed by atoms with Crippen LogP contribution >= 0.6 is 46.2 Å². The Labute approximate surface area is 275 Å². The van der Waals surface area contributed by atoms with E-state index in [9.17, 15) is 34.5 Å². The number of nitrogen functional groups attached to an aromatic ring is 1. The van der Waals surface area contributed by atoms with Gasteiger partial charge in [-0.05, 0) is 36.3 Å². The fourth-order valence-electron chi connectivity index (χ4n) is 4.04. The highest BCUT2D eigenvalue weighted by Crippen LogP contribution is 2.41. The third kappa shape index (κ3) is 7.22. The number of nitrogens with one attached hydrogen (secondary N) is 2. The molecule has 1 aromatic carbocycles. The first-order valence-corrected chi connectivity index (χ1v) is 16.7. The van der Waals surface area contributed by atoms with Gasteiger partial charge in [-0.25, -0.2) is 15.2 Å². The molecule has 0 saturated carbocycles. The Morgan fingerprint density at radius 2 is 2.09 bits per heavy atom. The second-order valence-corrected chi connectivity index (χ2v) is 13.4. The first kappa shape index (κ1) is 32.7. The SMILES string of the molecule is CC(ON=C(C(=O)NC1C(=O)N2C(C(=O)O)=C(CSc3nncs3)CS[C@@H]12)c1csc(N)n1)C(=O)NN=Cc1ccc(O)c(O)c1. The maximum atomic E-state index is 13.4. The van der Waals surface area contributed by atoms with Crippen LogP contribution in [0.15, 0.2) is 55.0 Å². The summed E-state index contributed by atoms with van der Waals surface area (Å²) in [6, 6.07) is 2.87. The molecule has 3 amide bonds. The number of aliphatic carboxylic acids is 1. The van der Waals surface area contributed by atoms with Crippen LogP contribution in [-0.2, 0) is 24.0 Å². The van der Waals surface area contributed by atoms with Gasteiger partial charge in [0.1, 0.15) is 28.3 Å². The van der Waals surface area contributed by atoms with Crippen molar-refractivity contribution in [3.8, 4) is 11.5 Å². The fraction of sp³-hybridized carbons (Fsp3) is 0.240. The number of phenolic OH excluding ortho intramolecular Hbond substituents is 2. The Kier molecular flexibility index (Phi) is 10.0. The maximum absolute atomic E-state index is 13.4. The molecule has 3 aromatic rings. The van der Waals surface area contributed by atoms with Gasteiger partial charge in [-0.1, -0.05) is 28.3 Å². The molecule has 17 nitrogen and oxygen atoms in total. The molecule has 2 aliphatic heterocycles. The van der Waals surface area contributed by atoms with Crippen molar-refractivity contribution in [3.05, 3.63) is 51.6 Å². The van der Waals surface area contributed by atoms with Crippen molar-refractivity contribution in [3.63, 3.8) is 0 Å². The number of hydrogen-bond acceptors (Lipinski definition) is 17. The standard InChI is InChI=1S/C25H23N9O8S4/c1-10(19(37)31-27-5-11-2-3-14(35)15(36)4-11)42-33-16(13-8-44-24(26)29-13)20(38)30-17-21(39)34-18(23(40)41)12(6-43-22(17)34)7-45-25-32-28-9-46-25/h2-5,8-10,17,22,35-36H,6-7H2,1H3,(H2,26,29)(H,30,38)(H,31,37)(H,40,41)/t10?,17?,22-/m0/s1. The third-order valence-corrected chi connectivity index (χ3v) is 10.2. The Bertz CT molecular complexity index is 1760. The lowest BCUT2D eigenvalue weighted by Gasteiger charge is -2.49. The lowest BCUT2D eigenvalue weighted by molar-refractivity contribution is -0.150. The first-order valence-electron chi connectivity index (χ1n) is 12.9. The van der Waals surface area contributed by atoms with Crippen LogP contribution in [0.5, 0.6) is 11.5 Å². The number of thiazole rings is 1. The van der Waals surface area contributed by atoms with E-state index >= 15 is 0 Å². The summed E-state index contributed by atoms with van der Waals surface area (Å²) in [4.78, 5) is 61.6. The summed E-state index contributed by atoms with van der Waals surface area (Å²) >= 11 is 4.96. The van der Waals surface area contributed by atoms with E-state index < -0.39 is 41.2 Å². The van der Waals surface area contributed by atoms with Crippen LogP contribution in [0.25, 0.3) is 0 Å². The van der Waals surface area contributed by atoms with Gasteiger partial charge in [0.25, 0.3) is 17.7 Å². The molecule has 0 bridgehead atoms. The second-order valence-electron chi connectivity index (χ2n) is 9.35. The number of nitrogens with zero attached hydrogens (tertiary/aromatic N) is 6. The Morgan fingerprint density at radius 1 is 1.28 bits per heavy atom. The molecule has 3 atom stereocenters. The number of hydrazone groups is 1. The Morgan fingerprint density at radius 3 is 2.76 bits per heavy atom. The molecule has 2 unspecified atom stereocenters. The molecule has 1 saturated heterocycles. The molecule has 4 heterocycles. The predicted molar refractivity (Wildman–Crippen MR) is 169 cm³/mol. The van der Waals surface area contributed by atoms with E-state index in [0.717, 1.165) is 16.2 Å². The van der Waals surface area contributed by atoms with Gasteiger partial charge in [0, 0.05) is 16.9 Å². The molecular formula is C25H23N9O8S4. The van der Waals surface area contributed by atoms with Crippen molar-refractivity contribution in [1.29, 1.82) is 0 Å². The number of thioether (sulfide) groups is 2. The predicted octanol–water partition coefficient (Wildman–Crippen LogP) is 0.778. The number of hydrogen-bond donors (Lipinski definition) is 6. The average Bonchev–Trinajstić information content (AvgIpc) is 3.71. The Hall–Kier alpha value is -4.73. The van der Waals surface area contributed by atoms with Crippen LogP contribution in [0.1, 0.15) is 18.2 Å². The normalized spacial score (nSPS) is 18.6. The van der Waals surface area contributed by atoms with Gasteiger partial charge < -0.3 is 31.2 Å². The highest BCUT2D eigenvalue weighted by atomic mass is 32.2. The van der Waals surface area contributed by atoms with E-state index in [1.54, 1.807) is 5.51 Å². The van der Waals surface area contributed by atoms with Crippen molar-refractivity contribution in [1.82, 2.24) is 30.8 Å². The number of fused-ring (bicyclic) bond motifs is 1. The number of carboxylic acids is 1. The van der Waals surface area contributed by atoms with Gasteiger partial charge in [-0.2, -0.15) is 5.10 Å². The molecule has 240 valence electrons. The maximum Gasteiger partial charge on any atom is 0.352 e. The summed E-state index contributed by atoms with van der Waals surface area (Å²) in [6.07, 6.45) is -0.0317. The monoisotopic (exact) mass is 705 g/mol. The number of carbonyl (C=O) groups is 4. The summed E-state index contributed by atoms with van der Waals surface area (Å²) in [6.45, 7) is 1.35. The van der Waals surface area contributed by atoms with Gasteiger partial charge in [0.05, 0.1) is 6.21 Å². The van der Waals surface area contributed by atoms with Gasteiger partial charge in [-0.15, -0.1) is 33.3 Å². The zero-order valence-corrected chi connectivity index (χ0v) is 26.7. The number of phenols is 2. The summed E-state index contributed by atoms with van der Waals surface area (Å²) < 4.78 is 0.663. The van der Waals surface area contributed by atoms with Crippen molar-refractivity contribution in [2.24, 2.45) is 10.3 Å². The van der Waals surface area contributed by atoms with Crippen LogP contribution in [-0.4, -0.2) is 100 Å². The minimum absolute atomic E-state index is 0.0276. The zero-order valence-electron chi connectivity index (χ0n) is 23.4. The average molecular weight is 706 g/mol. The quantitative estimate of drug-likeness (QED) is 0.0501. The molecule has 0 radical (unpaired) electrons. The largest absolute Gasteiger partial charge is 0.504 e. The summed E-state index contributed by atoms with van der Waals surface area (Å²) in [5.41, 5.74) is 9.98. The van der Waals surface area contributed by atoms with Crippen molar-refractivity contribution in [2.75, 3.05) is 17.2 Å². The van der Waals surface area contributed by atoms with Gasteiger partial charge in [-0.3, -0.25) is 19.3 Å². The summed E-state index contributed by atoms with van der Waals surface area (Å²) in [5, 5.41) is 47.6. The molecule has 46 heavy (non-hydrogen) atoms. The molecule has 0 spiro atoms. The van der Waals surface area contributed by atoms with E-state index in [4.69, 9.17) is 10.6 Å². The van der Waals surface area contributed by atoms with Gasteiger partial charge in [0.15, 0.2) is 26.7 Å². The number of amides is 3. The van der Waals surface area contributed by atoms with E-state index in [2.05, 4.69) is 36.2 Å². The van der Waals surface area contributed by atoms with Crippen LogP contribution < -0.4 is 16.5 Å². The Balaban J connectivity index is 1.25. The minimum atomic E-state index is -1.26. The van der Waals surface area contributed by atoms with Crippen molar-refractivity contribution < 1.29 is 39.3 Å². The number of carbonyl (C=O) groups excluding carboxylic acids is 3. The molecule has 1 fully saturated rings. The molecule has 2 aromatic heterocycles. The number of rotatable bonds is 12. The van der Waals surface area contributed by atoms with E-state index in [1.165, 1.54) is 71.6 Å². The van der Waals surface area contributed by atoms with Crippen molar-refractivity contribution >= 4 is 86.9 Å². The van der Waals surface area contributed by atoms with E-state index in [1.807, 2.05) is 0 Å². The lowest BCUT2D eigenvalue weighted by atomic mass is 10.0. The van der Waals surface area contributed by atoms with Crippen LogP contribution in [0.2, 0.25) is 0 Å². The molecule has 2 aliphatic rings. The molecule has 5 rings (SSSR count). The van der Waals surface area contributed by atoms with Crippen LogP contribution in [0, 0.1) is 0 Å². The number of benzene rings is 1. The third-order valence-electron chi connectivity index (χ3n) is 6.29. The smallest absolute Gasteiger partial charge is 0.352 e. The molecule has 21 heteroatoms. The molecular weight excluding hydrogens is 683 g/mol. The topological polar surface area (TPSA) is 255 Å². The number of oxime groups is 1. The van der Waals surface area contributed by atoms with Crippen molar-refractivity contribution in [2.45, 2.75) is 28.8 Å². The van der Waals surface area contributed by atoms with E-state index in [-0.39, 0.29) is 33.7 Å². The van der Waals surface area contributed by atoms with Gasteiger partial charge in [0.2, 0.25) is 6.10 Å². The minimum Gasteiger partial charge on any atom is -0.504 e. The van der Waals surface area contributed by atoms with Gasteiger partial charge >= 0.3 is 5.97 Å². The highest BCUT2D eigenvalue weighted by molar-refractivity contribution is 8.01. The first-order chi connectivity index (χ1) is 22.0.